The summed E-state index contributed by atoms with van der Waals surface area (Å²) in [5.74, 6) is 3.91. The third kappa shape index (κ3) is 2.41. The minimum Gasteiger partial charge on any atom is -0.383 e. The number of benzene rings is 1. The number of hydrogen-bond donors (Lipinski definition) is 1. The molecule has 2 saturated heterocycles. The average Bonchev–Trinajstić information content (AvgIpc) is 3.22. The molecule has 1 N–H and O–H groups in total. The largest absolute Gasteiger partial charge is 0.383 e. The van der Waals surface area contributed by atoms with Gasteiger partial charge in [0.25, 0.3) is 0 Å². The Bertz CT molecular complexity index is 710. The first kappa shape index (κ1) is 19.4. The standard InChI is InChI=1S/C25H35NO.ClH/c1-17-6-2-3-7-22(17)25(27,24-8-4-10-26(24)11-5-9-24)23-20-13-18-12-19(15-20)16-21(23)14-18;/h2-3,6-7,18-21,23,27H,4-5,8-16H2,1H3;1H. The van der Waals surface area contributed by atoms with Crippen LogP contribution < -0.4 is 0 Å². The van der Waals surface area contributed by atoms with Crippen molar-refractivity contribution in [2.24, 2.45) is 29.6 Å². The molecule has 2 nitrogen and oxygen atoms in total. The summed E-state index contributed by atoms with van der Waals surface area (Å²) in [5.41, 5.74) is 1.92. The molecule has 4 saturated carbocycles. The summed E-state index contributed by atoms with van der Waals surface area (Å²) in [7, 11) is 0. The van der Waals surface area contributed by atoms with Crippen LogP contribution in [0.25, 0.3) is 0 Å². The summed E-state index contributed by atoms with van der Waals surface area (Å²) in [6.07, 6.45) is 12.0. The van der Waals surface area contributed by atoms with Crippen LogP contribution in [0.2, 0.25) is 0 Å². The van der Waals surface area contributed by atoms with Crippen molar-refractivity contribution in [1.82, 2.24) is 4.90 Å². The number of rotatable bonds is 3. The molecular weight excluding hydrogens is 366 g/mol. The molecule has 1 aromatic carbocycles. The highest BCUT2D eigenvalue weighted by molar-refractivity contribution is 5.85. The number of nitrogens with zero attached hydrogens (tertiary/aromatic N) is 1. The highest BCUT2D eigenvalue weighted by Crippen LogP contribution is 2.65. The van der Waals surface area contributed by atoms with Gasteiger partial charge in [0.1, 0.15) is 5.60 Å². The number of aryl methyl sites for hydroxylation is 1. The van der Waals surface area contributed by atoms with Crippen LogP contribution in [-0.2, 0) is 5.60 Å². The first-order chi connectivity index (χ1) is 13.1. The summed E-state index contributed by atoms with van der Waals surface area (Å²) in [5, 5.41) is 13.0. The number of hydrogen-bond acceptors (Lipinski definition) is 2. The predicted octanol–water partition coefficient (Wildman–Crippen LogP) is 5.31. The molecule has 0 aromatic heterocycles. The van der Waals surface area contributed by atoms with Crippen LogP contribution in [0.3, 0.4) is 0 Å². The molecular formula is C25H36ClNO. The van der Waals surface area contributed by atoms with E-state index in [-0.39, 0.29) is 17.9 Å². The maximum absolute atomic E-state index is 13.0. The van der Waals surface area contributed by atoms with Crippen molar-refractivity contribution in [1.29, 1.82) is 0 Å². The lowest BCUT2D eigenvalue weighted by Gasteiger charge is -2.63. The Hall–Kier alpha value is -0.570. The third-order valence-electron chi connectivity index (χ3n) is 9.62. The summed E-state index contributed by atoms with van der Waals surface area (Å²) < 4.78 is 0. The molecule has 2 aliphatic heterocycles. The molecule has 1 atom stereocenters. The normalized spacial score (nSPS) is 40.1. The predicted molar refractivity (Wildman–Crippen MR) is 116 cm³/mol. The lowest BCUT2D eigenvalue weighted by molar-refractivity contribution is -0.202. The SMILES string of the molecule is Cc1ccccc1C(O)(C1C2CC3CC(C2)CC1C3)C12CCCN1CCC2.Cl. The Morgan fingerprint density at radius 1 is 0.929 bits per heavy atom. The van der Waals surface area contributed by atoms with Crippen LogP contribution in [-0.4, -0.2) is 28.6 Å². The highest BCUT2D eigenvalue weighted by atomic mass is 35.5. The van der Waals surface area contributed by atoms with Crippen molar-refractivity contribution < 1.29 is 5.11 Å². The molecule has 154 valence electrons. The lowest BCUT2D eigenvalue weighted by Crippen LogP contribution is -2.65. The van der Waals surface area contributed by atoms with Gasteiger partial charge < -0.3 is 5.11 Å². The highest BCUT2D eigenvalue weighted by Gasteiger charge is 2.66. The Labute approximate surface area is 176 Å². The van der Waals surface area contributed by atoms with Gasteiger partial charge in [-0.3, -0.25) is 4.90 Å². The monoisotopic (exact) mass is 401 g/mol. The summed E-state index contributed by atoms with van der Waals surface area (Å²) in [6.45, 7) is 4.63. The minimum atomic E-state index is -0.659. The van der Waals surface area contributed by atoms with Gasteiger partial charge in [-0.05, 0) is 119 Å². The first-order valence-corrected chi connectivity index (χ1v) is 11.7. The fraction of sp³-hybridized carbons (Fsp3) is 0.760. The van der Waals surface area contributed by atoms with Crippen LogP contribution in [0.15, 0.2) is 24.3 Å². The van der Waals surface area contributed by atoms with Gasteiger partial charge in [0.05, 0.1) is 5.54 Å². The molecule has 28 heavy (non-hydrogen) atoms. The quantitative estimate of drug-likeness (QED) is 0.742. The van der Waals surface area contributed by atoms with Gasteiger partial charge >= 0.3 is 0 Å². The van der Waals surface area contributed by atoms with Crippen LogP contribution in [0.5, 0.6) is 0 Å². The number of halogens is 1. The van der Waals surface area contributed by atoms with Gasteiger partial charge in [0, 0.05) is 0 Å². The van der Waals surface area contributed by atoms with Crippen LogP contribution in [0.1, 0.15) is 68.9 Å². The maximum atomic E-state index is 13.0. The van der Waals surface area contributed by atoms with E-state index in [1.54, 1.807) is 0 Å². The minimum absolute atomic E-state index is 0. The third-order valence-corrected chi connectivity index (χ3v) is 9.62. The average molecular weight is 402 g/mol. The van der Waals surface area contributed by atoms with Crippen molar-refractivity contribution in [3.05, 3.63) is 35.4 Å². The van der Waals surface area contributed by atoms with Crippen molar-refractivity contribution >= 4 is 12.4 Å². The zero-order valence-corrected chi connectivity index (χ0v) is 18.1. The van der Waals surface area contributed by atoms with E-state index < -0.39 is 5.60 Å². The Kier molecular flexibility index (Phi) is 4.66. The van der Waals surface area contributed by atoms with Gasteiger partial charge in [-0.1, -0.05) is 24.3 Å². The van der Waals surface area contributed by atoms with Crippen molar-refractivity contribution in [3.63, 3.8) is 0 Å². The van der Waals surface area contributed by atoms with E-state index in [2.05, 4.69) is 36.1 Å². The topological polar surface area (TPSA) is 23.5 Å². The molecule has 0 radical (unpaired) electrons. The van der Waals surface area contributed by atoms with E-state index >= 15 is 0 Å². The summed E-state index contributed by atoms with van der Waals surface area (Å²) in [4.78, 5) is 2.71. The van der Waals surface area contributed by atoms with Gasteiger partial charge in [-0.25, -0.2) is 0 Å². The van der Waals surface area contributed by atoms with Crippen molar-refractivity contribution in [3.8, 4) is 0 Å². The number of aliphatic hydroxyl groups is 1. The first-order valence-electron chi connectivity index (χ1n) is 11.7. The van der Waals surface area contributed by atoms with Gasteiger partial charge in [0.15, 0.2) is 0 Å². The molecule has 6 aliphatic rings. The Morgan fingerprint density at radius 3 is 2.07 bits per heavy atom. The zero-order chi connectivity index (χ0) is 18.2. The summed E-state index contributed by atoms with van der Waals surface area (Å²) >= 11 is 0. The van der Waals surface area contributed by atoms with E-state index in [0.29, 0.717) is 5.92 Å². The van der Waals surface area contributed by atoms with Crippen molar-refractivity contribution in [2.45, 2.75) is 75.9 Å². The molecule has 0 spiro atoms. The van der Waals surface area contributed by atoms with E-state index in [1.807, 2.05) is 0 Å². The molecule has 1 aromatic rings. The van der Waals surface area contributed by atoms with Crippen LogP contribution >= 0.6 is 12.4 Å². The van der Waals surface area contributed by atoms with Gasteiger partial charge in [-0.2, -0.15) is 0 Å². The van der Waals surface area contributed by atoms with Gasteiger partial charge in [-0.15, -0.1) is 12.4 Å². The van der Waals surface area contributed by atoms with E-state index in [1.165, 1.54) is 82.0 Å². The summed E-state index contributed by atoms with van der Waals surface area (Å²) in [6, 6.07) is 8.84. The Morgan fingerprint density at radius 2 is 1.50 bits per heavy atom. The molecule has 4 bridgehead atoms. The van der Waals surface area contributed by atoms with E-state index in [0.717, 1.165) is 23.7 Å². The second kappa shape index (κ2) is 6.72. The van der Waals surface area contributed by atoms with Crippen LogP contribution in [0, 0.1) is 36.5 Å². The fourth-order valence-electron chi connectivity index (χ4n) is 9.08. The molecule has 0 amide bonds. The lowest BCUT2D eigenvalue weighted by atomic mass is 9.45. The zero-order valence-electron chi connectivity index (χ0n) is 17.3. The molecule has 2 heterocycles. The van der Waals surface area contributed by atoms with E-state index in [4.69, 9.17) is 0 Å². The molecule has 4 aliphatic carbocycles. The second-order valence-electron chi connectivity index (χ2n) is 10.8. The molecule has 1 unspecified atom stereocenters. The van der Waals surface area contributed by atoms with E-state index in [9.17, 15) is 5.11 Å². The Balaban J connectivity index is 0.00000171. The molecule has 6 fully saturated rings. The number of fused-ring (bicyclic) bond motifs is 1. The van der Waals surface area contributed by atoms with Crippen LogP contribution in [0.4, 0.5) is 0 Å². The van der Waals surface area contributed by atoms with Crippen molar-refractivity contribution in [2.75, 3.05) is 13.1 Å². The fourth-order valence-corrected chi connectivity index (χ4v) is 9.08. The molecule has 3 heteroatoms. The smallest absolute Gasteiger partial charge is 0.111 e. The maximum Gasteiger partial charge on any atom is 0.111 e. The van der Waals surface area contributed by atoms with Gasteiger partial charge in [0.2, 0.25) is 0 Å². The second-order valence-corrected chi connectivity index (χ2v) is 10.8. The molecule has 7 rings (SSSR count).